The summed E-state index contributed by atoms with van der Waals surface area (Å²) in [4.78, 5) is 31.7. The number of methoxy groups -OCH3 is 1. The summed E-state index contributed by atoms with van der Waals surface area (Å²) >= 11 is 2.86. The summed E-state index contributed by atoms with van der Waals surface area (Å²) in [5.41, 5.74) is 4.53. The summed E-state index contributed by atoms with van der Waals surface area (Å²) in [6.45, 7) is 2.04. The first-order chi connectivity index (χ1) is 16.0. The number of para-hydroxylation sites is 1. The summed E-state index contributed by atoms with van der Waals surface area (Å²) < 4.78 is 6.74. The Balaban J connectivity index is 1.37. The van der Waals surface area contributed by atoms with Crippen LogP contribution in [0, 0.1) is 6.92 Å². The Hall–Kier alpha value is -3.44. The van der Waals surface area contributed by atoms with Gasteiger partial charge in [-0.15, -0.1) is 22.0 Å². The van der Waals surface area contributed by atoms with E-state index in [0.717, 1.165) is 11.3 Å². The third-order valence-corrected chi connectivity index (χ3v) is 7.38. The molecule has 4 aromatic rings. The van der Waals surface area contributed by atoms with Gasteiger partial charge in [-0.3, -0.25) is 14.5 Å². The van der Waals surface area contributed by atoms with Crippen molar-refractivity contribution in [3.63, 3.8) is 0 Å². The minimum Gasteiger partial charge on any atom is -0.497 e. The maximum Gasteiger partial charge on any atom is 0.279 e. The van der Waals surface area contributed by atoms with Crippen molar-refractivity contribution in [1.29, 1.82) is 0 Å². The fourth-order valence-electron chi connectivity index (χ4n) is 3.66. The Labute approximate surface area is 197 Å². The van der Waals surface area contributed by atoms with Gasteiger partial charge in [0.15, 0.2) is 0 Å². The van der Waals surface area contributed by atoms with E-state index in [9.17, 15) is 9.59 Å². The second kappa shape index (κ2) is 8.83. The molecule has 1 atom stereocenters. The molecule has 0 spiro atoms. The highest BCUT2D eigenvalue weighted by Crippen LogP contribution is 2.43. The number of rotatable bonds is 6. The molecule has 1 amide bonds. The molecule has 5 rings (SSSR count). The van der Waals surface area contributed by atoms with E-state index >= 15 is 0 Å². The second-order valence-electron chi connectivity index (χ2n) is 7.33. The molecule has 1 saturated heterocycles. The number of hydrogen-bond donors (Lipinski definition) is 1. The van der Waals surface area contributed by atoms with E-state index in [1.807, 2.05) is 42.5 Å². The van der Waals surface area contributed by atoms with Crippen molar-refractivity contribution in [2.45, 2.75) is 18.8 Å². The molecule has 168 valence electrons. The Morgan fingerprint density at radius 1 is 1.15 bits per heavy atom. The summed E-state index contributed by atoms with van der Waals surface area (Å²) in [5.74, 6) is 1.63. The van der Waals surface area contributed by atoms with Gasteiger partial charge in [0, 0.05) is 0 Å². The largest absolute Gasteiger partial charge is 0.497 e. The van der Waals surface area contributed by atoms with Crippen molar-refractivity contribution in [2.75, 3.05) is 23.2 Å². The number of carbonyl (C=O) groups is 1. The van der Waals surface area contributed by atoms with E-state index in [1.54, 1.807) is 36.8 Å². The number of nitrogens with zero attached hydrogens (tertiary/aromatic N) is 5. The number of aryl methyl sites for hydroxylation is 1. The number of nitrogens with one attached hydrogen (secondary N) is 1. The summed E-state index contributed by atoms with van der Waals surface area (Å²) in [7, 11) is 1.62. The Morgan fingerprint density at radius 2 is 2.00 bits per heavy atom. The van der Waals surface area contributed by atoms with Crippen LogP contribution in [0.4, 0.5) is 5.13 Å². The van der Waals surface area contributed by atoms with Gasteiger partial charge in [0.1, 0.15) is 22.0 Å². The predicted octanol–water partition coefficient (Wildman–Crippen LogP) is 3.09. The lowest BCUT2D eigenvalue weighted by Crippen LogP contribution is -2.31. The first-order valence-corrected chi connectivity index (χ1v) is 12.0. The van der Waals surface area contributed by atoms with Crippen LogP contribution in [-0.2, 0) is 11.3 Å². The SMILES string of the molecule is COc1cccc(C2SCC(=O)N2c2nnc(CNn3c(C)nc4ccccc4c3=O)s2)c1. The molecule has 1 aliphatic heterocycles. The van der Waals surface area contributed by atoms with E-state index in [1.165, 1.54) is 16.0 Å². The third-order valence-electron chi connectivity index (χ3n) is 5.24. The molecule has 3 heterocycles. The molecule has 9 nitrogen and oxygen atoms in total. The number of anilines is 1. The fourth-order valence-corrected chi connectivity index (χ4v) is 5.69. The molecule has 11 heteroatoms. The minimum atomic E-state index is -0.198. The third kappa shape index (κ3) is 4.05. The Morgan fingerprint density at radius 3 is 2.85 bits per heavy atom. The normalized spacial score (nSPS) is 15.9. The van der Waals surface area contributed by atoms with Crippen LogP contribution in [0.3, 0.4) is 0 Å². The van der Waals surface area contributed by atoms with Gasteiger partial charge >= 0.3 is 0 Å². The zero-order valence-electron chi connectivity index (χ0n) is 17.9. The molecular weight excluding hydrogens is 460 g/mol. The highest BCUT2D eigenvalue weighted by molar-refractivity contribution is 8.00. The van der Waals surface area contributed by atoms with E-state index in [2.05, 4.69) is 20.6 Å². The van der Waals surface area contributed by atoms with Crippen LogP contribution in [0.2, 0.25) is 0 Å². The number of carbonyl (C=O) groups excluding carboxylic acids is 1. The van der Waals surface area contributed by atoms with Crippen molar-refractivity contribution in [3.05, 3.63) is 75.3 Å². The fraction of sp³-hybridized carbons (Fsp3) is 0.227. The van der Waals surface area contributed by atoms with Gasteiger partial charge in [-0.25, -0.2) is 9.66 Å². The number of thioether (sulfide) groups is 1. The van der Waals surface area contributed by atoms with Gasteiger partial charge < -0.3 is 10.2 Å². The van der Waals surface area contributed by atoms with E-state index in [4.69, 9.17) is 4.74 Å². The number of amides is 1. The lowest BCUT2D eigenvalue weighted by molar-refractivity contribution is -0.115. The minimum absolute atomic E-state index is 0.0192. The lowest BCUT2D eigenvalue weighted by atomic mass is 10.2. The van der Waals surface area contributed by atoms with Gasteiger partial charge in [-0.1, -0.05) is 35.6 Å². The molecule has 33 heavy (non-hydrogen) atoms. The van der Waals surface area contributed by atoms with Crippen molar-refractivity contribution < 1.29 is 9.53 Å². The van der Waals surface area contributed by atoms with Crippen LogP contribution in [0.5, 0.6) is 5.75 Å². The molecule has 2 aromatic heterocycles. The Bertz CT molecular complexity index is 1400. The molecular formula is C22H20N6O3S2. The zero-order chi connectivity index (χ0) is 22.9. The number of hydrogen-bond acceptors (Lipinski definition) is 9. The van der Waals surface area contributed by atoms with Gasteiger partial charge in [0.2, 0.25) is 11.0 Å². The van der Waals surface area contributed by atoms with Crippen molar-refractivity contribution >= 4 is 45.0 Å². The summed E-state index contributed by atoms with van der Waals surface area (Å²) in [6.07, 6.45) is 0. The molecule has 1 aliphatic rings. The van der Waals surface area contributed by atoms with Gasteiger partial charge in [0.05, 0.1) is 30.3 Å². The van der Waals surface area contributed by atoms with Crippen molar-refractivity contribution in [2.24, 2.45) is 0 Å². The zero-order valence-corrected chi connectivity index (χ0v) is 19.5. The maximum atomic E-state index is 12.8. The van der Waals surface area contributed by atoms with Crippen LogP contribution >= 0.6 is 23.1 Å². The monoisotopic (exact) mass is 480 g/mol. The average Bonchev–Trinajstić information content (AvgIpc) is 3.45. The van der Waals surface area contributed by atoms with E-state index < -0.39 is 0 Å². The summed E-state index contributed by atoms with van der Waals surface area (Å²) in [5, 5.41) is 10.0. The first-order valence-electron chi connectivity index (χ1n) is 10.2. The highest BCUT2D eigenvalue weighted by Gasteiger charge is 2.36. The van der Waals surface area contributed by atoms with Gasteiger partial charge in [-0.05, 0) is 36.8 Å². The van der Waals surface area contributed by atoms with Crippen LogP contribution in [0.15, 0.2) is 53.3 Å². The van der Waals surface area contributed by atoms with Crippen molar-refractivity contribution in [3.8, 4) is 5.75 Å². The molecule has 0 aliphatic carbocycles. The highest BCUT2D eigenvalue weighted by atomic mass is 32.2. The van der Waals surface area contributed by atoms with Gasteiger partial charge in [0.25, 0.3) is 5.56 Å². The predicted molar refractivity (Wildman–Crippen MR) is 129 cm³/mol. The number of benzene rings is 2. The maximum absolute atomic E-state index is 12.8. The van der Waals surface area contributed by atoms with Crippen molar-refractivity contribution in [1.82, 2.24) is 19.9 Å². The average molecular weight is 481 g/mol. The number of ether oxygens (including phenoxy) is 1. The van der Waals surface area contributed by atoms with Gasteiger partial charge in [-0.2, -0.15) is 0 Å². The van der Waals surface area contributed by atoms with Crippen LogP contribution in [0.25, 0.3) is 10.9 Å². The van der Waals surface area contributed by atoms with Crippen LogP contribution in [-0.4, -0.2) is 38.6 Å². The smallest absolute Gasteiger partial charge is 0.279 e. The second-order valence-corrected chi connectivity index (χ2v) is 9.44. The molecule has 1 fully saturated rings. The quantitative estimate of drug-likeness (QED) is 0.449. The van der Waals surface area contributed by atoms with Crippen LogP contribution < -0.4 is 20.6 Å². The standard InChI is InChI=1S/C22H20N6O3S2/c1-13-24-17-9-4-3-8-16(17)20(30)28(13)23-11-18-25-26-22(33-18)27-19(29)12-32-21(27)14-6-5-7-15(10-14)31-2/h3-10,21,23H,11-12H2,1-2H3. The molecule has 0 radical (unpaired) electrons. The van der Waals surface area contributed by atoms with Crippen LogP contribution in [0.1, 0.15) is 21.8 Å². The molecule has 0 bridgehead atoms. The molecule has 2 aromatic carbocycles. The first kappa shape index (κ1) is 21.4. The Kier molecular flexibility index (Phi) is 5.73. The molecule has 0 saturated carbocycles. The summed E-state index contributed by atoms with van der Waals surface area (Å²) in [6, 6.07) is 14.9. The molecule has 1 unspecified atom stereocenters. The number of aromatic nitrogens is 4. The number of fused-ring (bicyclic) bond motifs is 1. The lowest BCUT2D eigenvalue weighted by Gasteiger charge is -2.21. The molecule has 1 N–H and O–H groups in total. The van der Waals surface area contributed by atoms with E-state index in [-0.39, 0.29) is 23.4 Å². The topological polar surface area (TPSA) is 102 Å². The van der Waals surface area contributed by atoms with E-state index in [0.29, 0.717) is 32.6 Å².